The van der Waals surface area contributed by atoms with Crippen molar-refractivity contribution in [3.05, 3.63) is 28.5 Å². The highest BCUT2D eigenvalue weighted by Crippen LogP contribution is 2.47. The van der Waals surface area contributed by atoms with Gasteiger partial charge in [-0.2, -0.15) is 23.1 Å². The van der Waals surface area contributed by atoms with Gasteiger partial charge in [0.2, 0.25) is 5.88 Å². The largest absolute Gasteiger partial charge is 0.474 e. The summed E-state index contributed by atoms with van der Waals surface area (Å²) in [5.74, 6) is -0.866. The maximum absolute atomic E-state index is 16.8. The Kier molecular flexibility index (Phi) is 8.03. The number of halogens is 6. The number of hydrogen-bond donors (Lipinski definition) is 2. The van der Waals surface area contributed by atoms with Crippen LogP contribution < -0.4 is 25.4 Å². The highest BCUT2D eigenvalue weighted by atomic mass is 35.5. The lowest BCUT2D eigenvalue weighted by Crippen LogP contribution is -2.46. The minimum atomic E-state index is -4.94. The van der Waals surface area contributed by atoms with E-state index in [9.17, 15) is 17.6 Å². The number of nitrogens with zero attached hydrogens (tertiary/aromatic N) is 5. The lowest BCUT2D eigenvalue weighted by atomic mass is 9.90. The number of anilines is 2. The molecule has 4 atom stereocenters. The van der Waals surface area contributed by atoms with Crippen LogP contribution in [0, 0.1) is 5.82 Å². The second-order valence-electron chi connectivity index (χ2n) is 12.8. The number of alkyl halides is 4. The minimum Gasteiger partial charge on any atom is -0.474 e. The average molecular weight is 668 g/mol. The average Bonchev–Trinajstić information content (AvgIpc) is 3.52. The summed E-state index contributed by atoms with van der Waals surface area (Å²) in [7, 11) is 1.82. The van der Waals surface area contributed by atoms with Crippen LogP contribution in [-0.4, -0.2) is 83.5 Å². The maximum Gasteiger partial charge on any atom is 0.418 e. The van der Waals surface area contributed by atoms with E-state index in [0.717, 1.165) is 44.4 Å². The van der Waals surface area contributed by atoms with E-state index >= 15 is 4.39 Å². The molecule has 0 amide bonds. The number of likely N-dealkylation sites (N-methyl/N-ethyl adjacent to an activating group) is 1. The number of nitrogens with two attached hydrogens (primary N) is 1. The first-order valence-corrected chi connectivity index (χ1v) is 16.0. The van der Waals surface area contributed by atoms with Crippen LogP contribution in [0.5, 0.6) is 11.9 Å². The van der Waals surface area contributed by atoms with E-state index in [1.54, 1.807) is 0 Å². The van der Waals surface area contributed by atoms with Crippen LogP contribution in [0.15, 0.2) is 12.1 Å². The van der Waals surface area contributed by atoms with Gasteiger partial charge >= 0.3 is 12.2 Å². The van der Waals surface area contributed by atoms with Crippen LogP contribution in [0.1, 0.15) is 50.5 Å². The van der Waals surface area contributed by atoms with Crippen molar-refractivity contribution in [3.63, 3.8) is 0 Å². The molecule has 46 heavy (non-hydrogen) atoms. The highest BCUT2D eigenvalue weighted by molar-refractivity contribution is 6.32. The number of hydrogen-bond acceptors (Lipinski definition) is 9. The third-order valence-electron chi connectivity index (χ3n) is 9.79. The molecule has 7 rings (SSSR count). The van der Waals surface area contributed by atoms with E-state index in [-0.39, 0.29) is 47.2 Å². The predicted molar refractivity (Wildman–Crippen MR) is 164 cm³/mol. The van der Waals surface area contributed by atoms with Crippen LogP contribution in [0.3, 0.4) is 0 Å². The van der Waals surface area contributed by atoms with E-state index in [4.69, 9.17) is 31.8 Å². The zero-order chi connectivity index (χ0) is 32.4. The molecule has 9 nitrogen and oxygen atoms in total. The quantitative estimate of drug-likeness (QED) is 0.240. The molecule has 3 aromatic rings. The van der Waals surface area contributed by atoms with Crippen molar-refractivity contribution < 1.29 is 31.4 Å². The topological polar surface area (TPSA) is 102 Å². The summed E-state index contributed by atoms with van der Waals surface area (Å²) in [6.45, 7) is 2.25. The first-order valence-electron chi connectivity index (χ1n) is 15.6. The van der Waals surface area contributed by atoms with Crippen molar-refractivity contribution in [2.75, 3.05) is 50.5 Å². The summed E-state index contributed by atoms with van der Waals surface area (Å²) in [6.07, 6.45) is -1.26. The fourth-order valence-electron chi connectivity index (χ4n) is 7.75. The number of fused-ring (bicyclic) bond motifs is 3. The van der Waals surface area contributed by atoms with Gasteiger partial charge in [-0.3, -0.25) is 4.90 Å². The molecule has 248 valence electrons. The molecule has 1 saturated carbocycles. The minimum absolute atomic E-state index is 0.00421. The number of aromatic nitrogens is 3. The maximum atomic E-state index is 16.8. The number of rotatable bonds is 7. The normalized spacial score (nSPS) is 26.2. The van der Waals surface area contributed by atoms with Crippen molar-refractivity contribution in [2.45, 2.75) is 75.0 Å². The second-order valence-corrected chi connectivity index (χ2v) is 13.2. The summed E-state index contributed by atoms with van der Waals surface area (Å²) in [6, 6.07) is 1.81. The SMILES string of the molecule is CNCCN1c2nc(OC[C@@]34CCCN3C[C@H](F)C4)nc3c(F)c(-c4cc(N)cc(Cl)c4C(F)(F)F)nc(c23)OC2CCCC1C2. The molecule has 3 aliphatic heterocycles. The Bertz CT molecular complexity index is 1660. The van der Waals surface area contributed by atoms with Crippen LogP contribution >= 0.6 is 11.6 Å². The smallest absolute Gasteiger partial charge is 0.418 e. The Labute approximate surface area is 267 Å². The van der Waals surface area contributed by atoms with Gasteiger partial charge in [0.25, 0.3) is 0 Å². The molecule has 15 heteroatoms. The van der Waals surface area contributed by atoms with Crippen LogP contribution in [0.25, 0.3) is 22.2 Å². The van der Waals surface area contributed by atoms with Gasteiger partial charge in [0, 0.05) is 49.8 Å². The van der Waals surface area contributed by atoms with Gasteiger partial charge in [-0.25, -0.2) is 13.8 Å². The first-order chi connectivity index (χ1) is 22.0. The van der Waals surface area contributed by atoms with Crippen LogP contribution in [-0.2, 0) is 6.18 Å². The van der Waals surface area contributed by atoms with Crippen molar-refractivity contribution >= 4 is 34.0 Å². The number of pyridine rings is 1. The number of ether oxygens (including phenoxy) is 2. The Morgan fingerprint density at radius 1 is 1.20 bits per heavy atom. The zero-order valence-corrected chi connectivity index (χ0v) is 26.0. The van der Waals surface area contributed by atoms with Gasteiger partial charge in [-0.15, -0.1) is 0 Å². The predicted octanol–water partition coefficient (Wildman–Crippen LogP) is 5.77. The van der Waals surface area contributed by atoms with Crippen LogP contribution in [0.2, 0.25) is 5.02 Å². The Hall–Kier alpha value is -3.23. The molecule has 5 heterocycles. The van der Waals surface area contributed by atoms with Crippen molar-refractivity contribution in [3.8, 4) is 23.1 Å². The Morgan fingerprint density at radius 3 is 2.80 bits per heavy atom. The van der Waals surface area contributed by atoms with E-state index in [0.29, 0.717) is 44.7 Å². The summed E-state index contributed by atoms with van der Waals surface area (Å²) in [5, 5.41) is 2.61. The van der Waals surface area contributed by atoms with E-state index in [2.05, 4.69) is 25.1 Å². The molecular weight excluding hydrogens is 633 g/mol. The zero-order valence-electron chi connectivity index (χ0n) is 25.3. The van der Waals surface area contributed by atoms with Gasteiger partial charge in [0.05, 0.1) is 16.1 Å². The van der Waals surface area contributed by atoms with Crippen molar-refractivity contribution in [1.82, 2.24) is 25.2 Å². The number of nitrogens with one attached hydrogen (secondary N) is 1. The first kappa shape index (κ1) is 31.4. The molecule has 2 saturated heterocycles. The molecule has 1 aromatic carbocycles. The number of nitrogen functional groups attached to an aromatic ring is 1. The van der Waals surface area contributed by atoms with Gasteiger partial charge in [-0.1, -0.05) is 11.6 Å². The lowest BCUT2D eigenvalue weighted by molar-refractivity contribution is -0.137. The molecule has 2 unspecified atom stereocenters. The molecule has 2 aromatic heterocycles. The molecule has 1 aliphatic carbocycles. The number of benzene rings is 1. The molecule has 4 aliphatic rings. The van der Waals surface area contributed by atoms with E-state index < -0.39 is 45.5 Å². The molecule has 3 N–H and O–H groups in total. The molecule has 2 bridgehead atoms. The molecule has 0 radical (unpaired) electrons. The fraction of sp³-hybridized carbons (Fsp3) is 0.581. The lowest BCUT2D eigenvalue weighted by Gasteiger charge is -2.40. The fourth-order valence-corrected chi connectivity index (χ4v) is 8.09. The van der Waals surface area contributed by atoms with Gasteiger partial charge in [-0.05, 0) is 57.8 Å². The third kappa shape index (κ3) is 5.45. The summed E-state index contributed by atoms with van der Waals surface area (Å²) >= 11 is 6.05. The van der Waals surface area contributed by atoms with E-state index in [1.807, 2.05) is 7.05 Å². The summed E-state index contributed by atoms with van der Waals surface area (Å²) in [5.41, 5.74) is 2.44. The van der Waals surface area contributed by atoms with Crippen molar-refractivity contribution in [2.24, 2.45) is 0 Å². The van der Waals surface area contributed by atoms with Gasteiger partial charge in [0.1, 0.15) is 41.3 Å². The van der Waals surface area contributed by atoms with Crippen LogP contribution in [0.4, 0.5) is 33.5 Å². The molecular formula is C31H35ClF5N7O2. The van der Waals surface area contributed by atoms with Gasteiger partial charge < -0.3 is 25.4 Å². The highest BCUT2D eigenvalue weighted by Gasteiger charge is 2.49. The third-order valence-corrected chi connectivity index (χ3v) is 10.1. The van der Waals surface area contributed by atoms with Crippen molar-refractivity contribution in [1.29, 1.82) is 0 Å². The molecule has 0 spiro atoms. The Morgan fingerprint density at radius 2 is 2.02 bits per heavy atom. The summed E-state index contributed by atoms with van der Waals surface area (Å²) < 4.78 is 86.8. The van der Waals surface area contributed by atoms with Gasteiger partial charge in [0.15, 0.2) is 5.82 Å². The monoisotopic (exact) mass is 667 g/mol. The van der Waals surface area contributed by atoms with E-state index in [1.165, 1.54) is 0 Å². The standard InChI is InChI=1S/C31H35ClF5N7O2/c1-39-7-9-44-18-4-2-5-19(12-18)46-28-22-26(24(34)25(40-28)20-10-17(38)11-21(32)23(20)31(35,36)37)41-29(42-27(22)44)45-15-30-6-3-8-43(30)14-16(33)13-30/h10-11,16,18-19,39H,2-9,12-15,38H2,1H3/t16-,18?,19?,30+/m1/s1. The summed E-state index contributed by atoms with van der Waals surface area (Å²) in [4.78, 5) is 17.8. The Balaban J connectivity index is 1.44. The second kappa shape index (κ2) is 11.8. The molecule has 3 fully saturated rings.